The Bertz CT molecular complexity index is 2030. The molecule has 0 radical (unpaired) electrons. The summed E-state index contributed by atoms with van der Waals surface area (Å²) in [4.78, 5) is 53.7. The first kappa shape index (κ1) is 33.0. The van der Waals surface area contributed by atoms with Crippen LogP contribution in [-0.2, 0) is 45.0 Å². The van der Waals surface area contributed by atoms with E-state index in [4.69, 9.17) is 16.3 Å². The van der Waals surface area contributed by atoms with Crippen LogP contribution in [0.1, 0.15) is 49.8 Å². The Hall–Kier alpha value is -5.94. The highest BCUT2D eigenvalue weighted by atomic mass is 35.5. The minimum absolute atomic E-state index is 0.0137. The summed E-state index contributed by atoms with van der Waals surface area (Å²) in [6.45, 7) is 0.418. The molecule has 1 aliphatic rings. The molecule has 6 rings (SSSR count). The fraction of sp³-hybridized carbons (Fsp3) is 0.162. The first-order valence-corrected chi connectivity index (χ1v) is 15.8. The Balaban J connectivity index is 1.28. The van der Waals surface area contributed by atoms with Crippen molar-refractivity contribution in [3.63, 3.8) is 0 Å². The molecule has 49 heavy (non-hydrogen) atoms. The molecule has 1 unspecified atom stereocenters. The molecular weight excluding hydrogens is 646 g/mol. The van der Waals surface area contributed by atoms with E-state index in [1.165, 1.54) is 34.1 Å². The van der Waals surface area contributed by atoms with E-state index in [0.717, 1.165) is 11.1 Å². The summed E-state index contributed by atoms with van der Waals surface area (Å²) in [5.74, 6) is -2.15. The smallest absolute Gasteiger partial charge is 0.335 e. The number of fused-ring (bicyclic) bond motifs is 1. The molecule has 12 heteroatoms. The van der Waals surface area contributed by atoms with Crippen LogP contribution in [0.25, 0.3) is 11.8 Å². The number of ether oxygens (including phenoxy) is 1. The van der Waals surface area contributed by atoms with Gasteiger partial charge in [0.25, 0.3) is 0 Å². The molecule has 246 valence electrons. The molecule has 1 aliphatic heterocycles. The normalized spacial score (nSPS) is 14.0. The number of carboxylic acids is 1. The number of carbonyl (C=O) groups is 4. The number of tetrazole rings is 1. The quantitative estimate of drug-likeness (QED) is 0.147. The van der Waals surface area contributed by atoms with Gasteiger partial charge in [-0.2, -0.15) is 4.68 Å². The summed E-state index contributed by atoms with van der Waals surface area (Å²) >= 11 is 6.27. The highest BCUT2D eigenvalue weighted by Crippen LogP contribution is 2.33. The summed E-state index contributed by atoms with van der Waals surface area (Å²) in [5, 5.41) is 21.1. The van der Waals surface area contributed by atoms with Crippen molar-refractivity contribution >= 4 is 41.3 Å². The third-order valence-corrected chi connectivity index (χ3v) is 8.42. The lowest BCUT2D eigenvalue weighted by Crippen LogP contribution is -2.43. The number of aromatic nitrogens is 4. The molecule has 5 aromatic rings. The van der Waals surface area contributed by atoms with Crippen LogP contribution in [-0.4, -0.2) is 60.4 Å². The maximum absolute atomic E-state index is 14.1. The third kappa shape index (κ3) is 7.96. The van der Waals surface area contributed by atoms with Crippen LogP contribution >= 0.6 is 11.6 Å². The lowest BCUT2D eigenvalue weighted by atomic mass is 9.86. The summed E-state index contributed by atoms with van der Waals surface area (Å²) in [5.41, 5.74) is 4.94. The van der Waals surface area contributed by atoms with E-state index in [0.29, 0.717) is 39.4 Å². The van der Waals surface area contributed by atoms with Gasteiger partial charge in [-0.25, -0.2) is 4.79 Å². The van der Waals surface area contributed by atoms with Gasteiger partial charge in [-0.15, -0.1) is 5.10 Å². The molecule has 4 aromatic carbocycles. The number of aromatic carboxylic acids is 1. The molecule has 0 bridgehead atoms. The highest BCUT2D eigenvalue weighted by Gasteiger charge is 2.35. The zero-order valence-corrected chi connectivity index (χ0v) is 26.9. The van der Waals surface area contributed by atoms with Crippen molar-refractivity contribution in [2.24, 2.45) is 0 Å². The number of ketones is 1. The van der Waals surface area contributed by atoms with Crippen LogP contribution in [0.4, 0.5) is 0 Å². The van der Waals surface area contributed by atoms with E-state index >= 15 is 0 Å². The Morgan fingerprint density at radius 1 is 0.898 bits per heavy atom. The molecule has 1 amide bonds. The van der Waals surface area contributed by atoms with E-state index in [9.17, 15) is 24.3 Å². The molecule has 11 nitrogen and oxygen atoms in total. The van der Waals surface area contributed by atoms with Gasteiger partial charge in [0.05, 0.1) is 17.7 Å². The monoisotopic (exact) mass is 675 g/mol. The maximum atomic E-state index is 14.1. The summed E-state index contributed by atoms with van der Waals surface area (Å²) in [6.07, 6.45) is 4.86. The minimum atomic E-state index is -1.07. The SMILES string of the molecule is O=C(Cc1ccc2c(c1)C(C(=O)Cc1ccc(C(=O)O)cc1)N(C(=O)/C=C/c1cc(Cl)ccc1-n1cnnn1)CC2)OCc1ccccc1. The number of benzene rings is 4. The van der Waals surface area contributed by atoms with Gasteiger partial charge < -0.3 is 14.7 Å². The van der Waals surface area contributed by atoms with Crippen molar-refractivity contribution in [3.05, 3.63) is 147 Å². The van der Waals surface area contributed by atoms with Crippen molar-refractivity contribution in [1.29, 1.82) is 0 Å². The van der Waals surface area contributed by atoms with Crippen LogP contribution < -0.4 is 0 Å². The van der Waals surface area contributed by atoms with E-state index in [2.05, 4.69) is 15.5 Å². The molecule has 0 saturated heterocycles. The first-order valence-electron chi connectivity index (χ1n) is 15.4. The third-order valence-electron chi connectivity index (χ3n) is 8.19. The number of carbonyl (C=O) groups excluding carboxylic acids is 3. The molecule has 1 atom stereocenters. The van der Waals surface area contributed by atoms with Crippen LogP contribution in [0.15, 0.2) is 103 Å². The minimum Gasteiger partial charge on any atom is -0.478 e. The van der Waals surface area contributed by atoms with Crippen molar-refractivity contribution in [1.82, 2.24) is 25.1 Å². The van der Waals surface area contributed by atoms with Gasteiger partial charge in [0.1, 0.15) is 19.0 Å². The van der Waals surface area contributed by atoms with E-state index in [1.54, 1.807) is 42.5 Å². The second kappa shape index (κ2) is 14.9. The average Bonchev–Trinajstić information content (AvgIpc) is 3.65. The van der Waals surface area contributed by atoms with E-state index in [-0.39, 0.29) is 37.3 Å². The predicted octanol–water partition coefficient (Wildman–Crippen LogP) is 5.25. The number of Topliss-reactive ketones (excluding diaryl/α,β-unsaturated/α-hetero) is 1. The van der Waals surface area contributed by atoms with E-state index in [1.807, 2.05) is 42.5 Å². The molecule has 0 spiro atoms. The zero-order valence-electron chi connectivity index (χ0n) is 26.1. The van der Waals surface area contributed by atoms with E-state index < -0.39 is 23.9 Å². The number of amides is 1. The van der Waals surface area contributed by atoms with Crippen LogP contribution in [0.5, 0.6) is 0 Å². The Morgan fingerprint density at radius 2 is 1.67 bits per heavy atom. The number of esters is 1. The predicted molar refractivity (Wildman–Crippen MR) is 180 cm³/mol. The fourth-order valence-corrected chi connectivity index (χ4v) is 5.95. The summed E-state index contributed by atoms with van der Waals surface area (Å²) in [6, 6.07) is 25.1. The molecule has 0 fully saturated rings. The standard InChI is InChI=1S/C37H30ClN5O6/c38-30-13-14-32(43-23-39-40-41-43)29(21-30)12-15-34(45)42-17-16-27-9-8-26(20-35(46)49-22-25-4-2-1-3-5-25)18-31(27)36(42)33(44)19-24-6-10-28(11-7-24)37(47)48/h1-15,18,21,23,36H,16-17,19-20,22H2,(H,47,48)/b15-12+. The van der Waals surface area contributed by atoms with Gasteiger partial charge in [-0.05, 0) is 81.1 Å². The van der Waals surface area contributed by atoms with Gasteiger partial charge in [-0.3, -0.25) is 14.4 Å². The first-order chi connectivity index (χ1) is 23.7. The second-order valence-corrected chi connectivity index (χ2v) is 11.9. The van der Waals surface area contributed by atoms with Crippen LogP contribution in [0, 0.1) is 0 Å². The Kier molecular flexibility index (Phi) is 10.0. The topological polar surface area (TPSA) is 145 Å². The van der Waals surface area contributed by atoms with Gasteiger partial charge >= 0.3 is 11.9 Å². The maximum Gasteiger partial charge on any atom is 0.335 e. The lowest BCUT2D eigenvalue weighted by Gasteiger charge is -2.36. The van der Waals surface area contributed by atoms with Gasteiger partial charge in [0.15, 0.2) is 5.78 Å². The molecule has 0 aliphatic carbocycles. The molecule has 1 aromatic heterocycles. The number of carboxylic acid groups (broad SMARTS) is 1. The van der Waals surface area contributed by atoms with Gasteiger partial charge in [-0.1, -0.05) is 72.3 Å². The number of hydrogen-bond donors (Lipinski definition) is 1. The number of halogens is 1. The van der Waals surface area contributed by atoms with Crippen molar-refractivity contribution in [2.45, 2.75) is 31.9 Å². The molecule has 2 heterocycles. The fourth-order valence-electron chi connectivity index (χ4n) is 5.77. The largest absolute Gasteiger partial charge is 0.478 e. The van der Waals surface area contributed by atoms with Crippen molar-refractivity contribution in [2.75, 3.05) is 6.54 Å². The Labute approximate surface area is 286 Å². The van der Waals surface area contributed by atoms with Crippen LogP contribution in [0.3, 0.4) is 0 Å². The highest BCUT2D eigenvalue weighted by molar-refractivity contribution is 6.30. The molecule has 1 N–H and O–H groups in total. The summed E-state index contributed by atoms with van der Waals surface area (Å²) < 4.78 is 6.94. The zero-order chi connectivity index (χ0) is 34.3. The number of hydrogen-bond acceptors (Lipinski definition) is 8. The second-order valence-electron chi connectivity index (χ2n) is 11.5. The number of rotatable bonds is 11. The molecule has 0 saturated carbocycles. The Morgan fingerprint density at radius 3 is 2.41 bits per heavy atom. The average molecular weight is 676 g/mol. The van der Waals surface area contributed by atoms with Gasteiger partial charge in [0.2, 0.25) is 5.91 Å². The van der Waals surface area contributed by atoms with Crippen LogP contribution in [0.2, 0.25) is 5.02 Å². The lowest BCUT2D eigenvalue weighted by molar-refractivity contribution is -0.144. The molecular formula is C37H30ClN5O6. The van der Waals surface area contributed by atoms with Crippen molar-refractivity contribution < 1.29 is 29.0 Å². The van der Waals surface area contributed by atoms with Gasteiger partial charge in [0, 0.05) is 29.6 Å². The number of nitrogens with zero attached hydrogens (tertiary/aromatic N) is 5. The van der Waals surface area contributed by atoms with Crippen molar-refractivity contribution in [3.8, 4) is 5.69 Å². The summed E-state index contributed by atoms with van der Waals surface area (Å²) in [7, 11) is 0.